The minimum atomic E-state index is -1.04. The third-order valence-corrected chi connectivity index (χ3v) is 3.66. The van der Waals surface area contributed by atoms with Crippen molar-refractivity contribution in [2.24, 2.45) is 5.73 Å². The van der Waals surface area contributed by atoms with Crippen molar-refractivity contribution in [1.82, 2.24) is 9.80 Å². The number of likely N-dealkylation sites (N-methyl/N-ethyl adjacent to an activating group) is 1. The summed E-state index contributed by atoms with van der Waals surface area (Å²) in [6.45, 7) is 2.98. The van der Waals surface area contributed by atoms with Gasteiger partial charge in [0.15, 0.2) is 0 Å². The Kier molecular flexibility index (Phi) is 5.35. The first-order valence-electron chi connectivity index (χ1n) is 7.18. The van der Waals surface area contributed by atoms with Gasteiger partial charge in [-0.3, -0.25) is 4.79 Å². The lowest BCUT2D eigenvalue weighted by molar-refractivity contribution is -0.138. The SMILES string of the molecule is CN1CCN(C(=O)Oc2ccc(C[C@H](N)C(=O)O)cc2)CC1. The molecule has 1 aromatic rings. The highest BCUT2D eigenvalue weighted by Crippen LogP contribution is 2.15. The number of nitrogens with zero attached hydrogens (tertiary/aromatic N) is 2. The molecule has 7 nitrogen and oxygen atoms in total. The largest absolute Gasteiger partial charge is 0.480 e. The van der Waals surface area contributed by atoms with Crippen molar-refractivity contribution in [1.29, 1.82) is 0 Å². The number of carbonyl (C=O) groups is 2. The molecule has 1 aromatic carbocycles. The van der Waals surface area contributed by atoms with Gasteiger partial charge in [0.25, 0.3) is 0 Å². The van der Waals surface area contributed by atoms with Gasteiger partial charge in [0, 0.05) is 26.2 Å². The second-order valence-electron chi connectivity index (χ2n) is 5.45. The normalized spacial score (nSPS) is 17.1. The number of carboxylic acid groups (broad SMARTS) is 1. The van der Waals surface area contributed by atoms with E-state index in [1.165, 1.54) is 0 Å². The van der Waals surface area contributed by atoms with E-state index in [1.54, 1.807) is 29.2 Å². The average Bonchev–Trinajstić information content (AvgIpc) is 2.49. The predicted octanol–water partition coefficient (Wildman–Crippen LogP) is 0.387. The molecule has 2 rings (SSSR count). The van der Waals surface area contributed by atoms with Crippen molar-refractivity contribution < 1.29 is 19.4 Å². The van der Waals surface area contributed by atoms with Gasteiger partial charge in [-0.1, -0.05) is 12.1 Å². The van der Waals surface area contributed by atoms with E-state index in [0.29, 0.717) is 18.8 Å². The molecule has 1 aliphatic heterocycles. The molecule has 0 bridgehead atoms. The Bertz CT molecular complexity index is 524. The van der Waals surface area contributed by atoms with E-state index < -0.39 is 12.0 Å². The molecule has 0 unspecified atom stereocenters. The molecule has 0 spiro atoms. The molecular formula is C15H21N3O4. The zero-order valence-corrected chi connectivity index (χ0v) is 12.6. The topological polar surface area (TPSA) is 96.1 Å². The molecule has 1 amide bonds. The van der Waals surface area contributed by atoms with E-state index >= 15 is 0 Å². The molecule has 0 saturated carbocycles. The maximum atomic E-state index is 12.0. The predicted molar refractivity (Wildman–Crippen MR) is 80.9 cm³/mol. The second kappa shape index (κ2) is 7.24. The molecule has 1 heterocycles. The number of nitrogens with two attached hydrogens (primary N) is 1. The number of ether oxygens (including phenoxy) is 1. The van der Waals surface area contributed by atoms with Crippen LogP contribution in [0.15, 0.2) is 24.3 Å². The Morgan fingerprint density at radius 2 is 1.82 bits per heavy atom. The van der Waals surface area contributed by atoms with Gasteiger partial charge in [0.1, 0.15) is 11.8 Å². The molecule has 120 valence electrons. The van der Waals surface area contributed by atoms with Crippen molar-refractivity contribution in [3.05, 3.63) is 29.8 Å². The number of aliphatic carboxylic acids is 1. The molecule has 1 atom stereocenters. The second-order valence-corrected chi connectivity index (χ2v) is 5.45. The molecule has 22 heavy (non-hydrogen) atoms. The van der Waals surface area contributed by atoms with E-state index in [0.717, 1.165) is 18.7 Å². The summed E-state index contributed by atoms with van der Waals surface area (Å²) in [5.41, 5.74) is 6.27. The van der Waals surface area contributed by atoms with Crippen molar-refractivity contribution in [3.8, 4) is 5.75 Å². The Hall–Kier alpha value is -2.12. The summed E-state index contributed by atoms with van der Waals surface area (Å²) in [5.74, 6) is -0.595. The maximum absolute atomic E-state index is 12.0. The molecule has 0 radical (unpaired) electrons. The lowest BCUT2D eigenvalue weighted by Gasteiger charge is -2.31. The standard InChI is InChI=1S/C15H21N3O4/c1-17-6-8-18(9-7-17)15(21)22-12-4-2-11(3-5-12)10-13(16)14(19)20/h2-5,13H,6-10,16H2,1H3,(H,19,20)/t13-/m0/s1. The Morgan fingerprint density at radius 1 is 1.23 bits per heavy atom. The number of piperazine rings is 1. The minimum absolute atomic E-state index is 0.238. The van der Waals surface area contributed by atoms with Crippen LogP contribution in [0.3, 0.4) is 0 Å². The molecule has 1 aliphatic rings. The number of hydrogen-bond acceptors (Lipinski definition) is 5. The number of amides is 1. The number of rotatable bonds is 4. The first-order chi connectivity index (χ1) is 10.5. The fourth-order valence-electron chi connectivity index (χ4n) is 2.19. The van der Waals surface area contributed by atoms with Crippen LogP contribution < -0.4 is 10.5 Å². The smallest absolute Gasteiger partial charge is 0.415 e. The summed E-state index contributed by atoms with van der Waals surface area (Å²) < 4.78 is 5.32. The van der Waals surface area contributed by atoms with Crippen LogP contribution in [0.2, 0.25) is 0 Å². The van der Waals surface area contributed by atoms with E-state index in [9.17, 15) is 9.59 Å². The minimum Gasteiger partial charge on any atom is -0.480 e. The van der Waals surface area contributed by atoms with Crippen LogP contribution >= 0.6 is 0 Å². The summed E-state index contributed by atoms with van der Waals surface area (Å²) in [4.78, 5) is 26.6. The molecule has 0 aromatic heterocycles. The summed E-state index contributed by atoms with van der Waals surface area (Å²) in [6, 6.07) is 5.80. The lowest BCUT2D eigenvalue weighted by atomic mass is 10.1. The van der Waals surface area contributed by atoms with E-state index in [-0.39, 0.29) is 12.5 Å². The zero-order valence-electron chi connectivity index (χ0n) is 12.6. The molecule has 7 heteroatoms. The van der Waals surface area contributed by atoms with Gasteiger partial charge in [-0.2, -0.15) is 0 Å². The van der Waals surface area contributed by atoms with Gasteiger partial charge in [-0.05, 0) is 31.2 Å². The monoisotopic (exact) mass is 307 g/mol. The maximum Gasteiger partial charge on any atom is 0.415 e. The van der Waals surface area contributed by atoms with Crippen LogP contribution in [0, 0.1) is 0 Å². The third-order valence-electron chi connectivity index (χ3n) is 3.66. The van der Waals surface area contributed by atoms with Crippen LogP contribution in [0.25, 0.3) is 0 Å². The van der Waals surface area contributed by atoms with E-state index in [2.05, 4.69) is 4.90 Å². The zero-order chi connectivity index (χ0) is 16.1. The lowest BCUT2D eigenvalue weighted by Crippen LogP contribution is -2.48. The van der Waals surface area contributed by atoms with Gasteiger partial charge in [0.2, 0.25) is 0 Å². The molecule has 3 N–H and O–H groups in total. The quantitative estimate of drug-likeness (QED) is 0.835. The molecule has 1 saturated heterocycles. The summed E-state index contributed by atoms with van der Waals surface area (Å²) in [5, 5.41) is 8.78. The van der Waals surface area contributed by atoms with Crippen LogP contribution in [-0.4, -0.2) is 66.2 Å². The van der Waals surface area contributed by atoms with E-state index in [1.807, 2.05) is 7.05 Å². The third kappa shape index (κ3) is 4.44. The summed E-state index contributed by atoms with van der Waals surface area (Å²) in [6.07, 6.45) is -0.120. The first kappa shape index (κ1) is 16.3. The van der Waals surface area contributed by atoms with Crippen LogP contribution in [0.4, 0.5) is 4.79 Å². The molecule has 1 fully saturated rings. The van der Waals surface area contributed by atoms with Gasteiger partial charge in [0.05, 0.1) is 0 Å². The van der Waals surface area contributed by atoms with Gasteiger partial charge in [-0.25, -0.2) is 4.79 Å². The number of carbonyl (C=O) groups excluding carboxylic acids is 1. The summed E-state index contributed by atoms with van der Waals surface area (Å²) in [7, 11) is 2.02. The van der Waals surface area contributed by atoms with E-state index in [4.69, 9.17) is 15.6 Å². The van der Waals surface area contributed by atoms with Crippen molar-refractivity contribution in [3.63, 3.8) is 0 Å². The van der Waals surface area contributed by atoms with Gasteiger partial charge < -0.3 is 25.4 Å². The molecular weight excluding hydrogens is 286 g/mol. The fourth-order valence-corrected chi connectivity index (χ4v) is 2.19. The van der Waals surface area contributed by atoms with Crippen LogP contribution in [0.5, 0.6) is 5.75 Å². The van der Waals surface area contributed by atoms with Crippen molar-refractivity contribution >= 4 is 12.1 Å². The first-order valence-corrected chi connectivity index (χ1v) is 7.18. The summed E-state index contributed by atoms with van der Waals surface area (Å²) >= 11 is 0. The van der Waals surface area contributed by atoms with Gasteiger partial charge >= 0.3 is 12.1 Å². The Labute approximate surface area is 129 Å². The van der Waals surface area contributed by atoms with Crippen molar-refractivity contribution in [2.45, 2.75) is 12.5 Å². The number of hydrogen-bond donors (Lipinski definition) is 2. The van der Waals surface area contributed by atoms with Crippen molar-refractivity contribution in [2.75, 3.05) is 33.2 Å². The Morgan fingerprint density at radius 3 is 2.36 bits per heavy atom. The Balaban J connectivity index is 1.88. The van der Waals surface area contributed by atoms with Gasteiger partial charge in [-0.15, -0.1) is 0 Å². The van der Waals surface area contributed by atoms with Crippen LogP contribution in [0.1, 0.15) is 5.56 Å². The fraction of sp³-hybridized carbons (Fsp3) is 0.467. The van der Waals surface area contributed by atoms with Crippen LogP contribution in [-0.2, 0) is 11.2 Å². The average molecular weight is 307 g/mol. The highest BCUT2D eigenvalue weighted by molar-refractivity contribution is 5.73. The number of benzene rings is 1. The number of carboxylic acids is 1. The highest BCUT2D eigenvalue weighted by Gasteiger charge is 2.20. The highest BCUT2D eigenvalue weighted by atomic mass is 16.6. The molecule has 0 aliphatic carbocycles.